The summed E-state index contributed by atoms with van der Waals surface area (Å²) in [7, 11) is 0. The topological polar surface area (TPSA) is 22.2 Å². The molecule has 0 saturated carbocycles. The van der Waals surface area contributed by atoms with Crippen molar-refractivity contribution in [2.75, 3.05) is 0 Å². The molecule has 11 aromatic rings. The van der Waals surface area contributed by atoms with Crippen LogP contribution in [0.5, 0.6) is 0 Å². The zero-order valence-corrected chi connectivity index (χ0v) is 29.4. The molecule has 0 bridgehead atoms. The summed E-state index contributed by atoms with van der Waals surface area (Å²) in [6.45, 7) is 0. The van der Waals surface area contributed by atoms with Gasteiger partial charge in [0.2, 0.25) is 0 Å². The number of nitrogens with zero attached hydrogens (tertiary/aromatic N) is 3. The van der Waals surface area contributed by atoms with Crippen LogP contribution in [0.4, 0.5) is 0 Å². The normalized spacial score (nSPS) is 11.7. The van der Waals surface area contributed by atoms with Crippen LogP contribution in [0.3, 0.4) is 0 Å². The third kappa shape index (κ3) is 4.72. The van der Waals surface area contributed by atoms with E-state index in [-0.39, 0.29) is 0 Å². The Morgan fingerprint density at radius 1 is 0.333 bits per heavy atom. The molecule has 0 aliphatic carbocycles. The highest BCUT2D eigenvalue weighted by Gasteiger charge is 2.21. The van der Waals surface area contributed by atoms with Gasteiger partial charge in [-0.3, -0.25) is 4.40 Å². The Hall–Kier alpha value is -7.23. The summed E-state index contributed by atoms with van der Waals surface area (Å²) in [6.07, 6.45) is 0. The third-order valence-electron chi connectivity index (χ3n) is 10.9. The maximum absolute atomic E-state index is 5.26. The highest BCUT2D eigenvalue weighted by Crippen LogP contribution is 2.43. The average Bonchev–Trinajstić information content (AvgIpc) is 3.77. The smallest absolute Gasteiger partial charge is 0.145 e. The van der Waals surface area contributed by atoms with Crippen molar-refractivity contribution in [1.82, 2.24) is 14.0 Å². The van der Waals surface area contributed by atoms with Crippen molar-refractivity contribution < 1.29 is 0 Å². The van der Waals surface area contributed by atoms with Crippen molar-refractivity contribution in [3.05, 3.63) is 200 Å². The van der Waals surface area contributed by atoms with Crippen molar-refractivity contribution in [3.63, 3.8) is 0 Å². The van der Waals surface area contributed by atoms with E-state index >= 15 is 0 Å². The van der Waals surface area contributed by atoms with Gasteiger partial charge in [-0.15, -0.1) is 0 Å². The van der Waals surface area contributed by atoms with Crippen LogP contribution in [0.1, 0.15) is 0 Å². The lowest BCUT2D eigenvalue weighted by atomic mass is 9.96. The number of hydrogen-bond donors (Lipinski definition) is 0. The van der Waals surface area contributed by atoms with Gasteiger partial charge in [-0.2, -0.15) is 0 Å². The molecule has 3 nitrogen and oxygen atoms in total. The molecule has 0 atom stereocenters. The van der Waals surface area contributed by atoms with E-state index in [1.165, 1.54) is 71.8 Å². The lowest BCUT2D eigenvalue weighted by Gasteiger charge is -2.11. The largest absolute Gasteiger partial charge is 0.309 e. The Morgan fingerprint density at radius 2 is 0.852 bits per heavy atom. The van der Waals surface area contributed by atoms with E-state index in [0.29, 0.717) is 0 Å². The number of aromatic nitrogens is 3. The zero-order valence-electron chi connectivity index (χ0n) is 29.4. The first-order valence-electron chi connectivity index (χ1n) is 18.5. The van der Waals surface area contributed by atoms with Gasteiger partial charge in [0.15, 0.2) is 0 Å². The Morgan fingerprint density at radius 3 is 1.56 bits per heavy atom. The Kier molecular flexibility index (Phi) is 6.86. The van der Waals surface area contributed by atoms with Gasteiger partial charge in [0, 0.05) is 38.4 Å². The first-order valence-corrected chi connectivity index (χ1v) is 18.5. The van der Waals surface area contributed by atoms with Crippen LogP contribution < -0.4 is 0 Å². The first kappa shape index (κ1) is 30.4. The van der Waals surface area contributed by atoms with E-state index in [4.69, 9.17) is 4.98 Å². The summed E-state index contributed by atoms with van der Waals surface area (Å²) in [6, 6.07) is 72.0. The molecule has 0 radical (unpaired) electrons. The molecule has 3 aromatic heterocycles. The Balaban J connectivity index is 1.07. The molecule has 0 unspecified atom stereocenters. The minimum absolute atomic E-state index is 0.942. The standard InChI is InChI=1S/C51H33N3/c1-4-14-36(15-5-1)49-44-33-39(29-31-48(44)54-50(49)42-21-10-12-22-45(42)52-51(54)37-16-6-2-7-17-37)35-26-24-34(25-27-35)38-28-30-47-43(32-38)41-20-11-13-23-46(41)53(47)40-18-8-3-9-19-40/h1-33H. The number of fused-ring (bicyclic) bond motifs is 8. The van der Waals surface area contributed by atoms with Gasteiger partial charge in [-0.25, -0.2) is 4.98 Å². The fraction of sp³-hybridized carbons (Fsp3) is 0. The summed E-state index contributed by atoms with van der Waals surface area (Å²) >= 11 is 0. The highest BCUT2D eigenvalue weighted by atomic mass is 15.0. The molecule has 0 N–H and O–H groups in total. The van der Waals surface area contributed by atoms with Crippen LogP contribution in [-0.4, -0.2) is 14.0 Å². The second-order valence-corrected chi connectivity index (χ2v) is 14.0. The molecule has 0 spiro atoms. The van der Waals surface area contributed by atoms with Gasteiger partial charge in [-0.05, 0) is 76.3 Å². The van der Waals surface area contributed by atoms with Gasteiger partial charge < -0.3 is 4.57 Å². The molecule has 0 amide bonds. The van der Waals surface area contributed by atoms with E-state index in [0.717, 1.165) is 27.8 Å². The molecule has 252 valence electrons. The van der Waals surface area contributed by atoms with Crippen molar-refractivity contribution in [2.45, 2.75) is 0 Å². The molecule has 0 aliphatic rings. The Labute approximate surface area is 312 Å². The molecule has 0 saturated heterocycles. The van der Waals surface area contributed by atoms with E-state index in [2.05, 4.69) is 209 Å². The van der Waals surface area contributed by atoms with Gasteiger partial charge in [0.05, 0.1) is 27.6 Å². The van der Waals surface area contributed by atoms with Crippen molar-refractivity contribution in [1.29, 1.82) is 0 Å². The summed E-state index contributed by atoms with van der Waals surface area (Å²) in [5.74, 6) is 0.942. The van der Waals surface area contributed by atoms with E-state index in [1.807, 2.05) is 0 Å². The van der Waals surface area contributed by atoms with Gasteiger partial charge in [0.1, 0.15) is 5.82 Å². The van der Waals surface area contributed by atoms with E-state index in [9.17, 15) is 0 Å². The number of hydrogen-bond acceptors (Lipinski definition) is 1. The summed E-state index contributed by atoms with van der Waals surface area (Å²) in [4.78, 5) is 5.26. The van der Waals surface area contributed by atoms with Crippen LogP contribution in [-0.2, 0) is 0 Å². The second kappa shape index (κ2) is 12.2. The molecular weight excluding hydrogens is 655 g/mol. The lowest BCUT2D eigenvalue weighted by molar-refractivity contribution is 1.17. The fourth-order valence-electron chi connectivity index (χ4n) is 8.42. The van der Waals surface area contributed by atoms with Crippen LogP contribution >= 0.6 is 0 Å². The number of benzene rings is 8. The SMILES string of the molecule is c1ccc(-c2c3cc(-c4ccc(-c5ccc6c(c5)c5ccccc5n6-c5ccccc5)cc4)ccc3n3c(-c4ccccc4)nc4ccccc4c23)cc1. The summed E-state index contributed by atoms with van der Waals surface area (Å²) in [5.41, 5.74) is 15.2. The van der Waals surface area contributed by atoms with Crippen molar-refractivity contribution >= 4 is 49.1 Å². The molecular formula is C51H33N3. The minimum Gasteiger partial charge on any atom is -0.309 e. The van der Waals surface area contributed by atoms with Crippen molar-refractivity contribution in [2.24, 2.45) is 0 Å². The lowest BCUT2D eigenvalue weighted by Crippen LogP contribution is -1.97. The maximum atomic E-state index is 5.26. The van der Waals surface area contributed by atoms with Crippen LogP contribution in [0.2, 0.25) is 0 Å². The minimum atomic E-state index is 0.942. The molecule has 0 aliphatic heterocycles. The second-order valence-electron chi connectivity index (χ2n) is 14.0. The van der Waals surface area contributed by atoms with Gasteiger partial charge >= 0.3 is 0 Å². The summed E-state index contributed by atoms with van der Waals surface area (Å²) < 4.78 is 4.73. The predicted molar refractivity (Wildman–Crippen MR) is 226 cm³/mol. The maximum Gasteiger partial charge on any atom is 0.145 e. The van der Waals surface area contributed by atoms with Gasteiger partial charge in [-0.1, -0.05) is 152 Å². The highest BCUT2D eigenvalue weighted by molar-refractivity contribution is 6.15. The Bertz CT molecular complexity index is 3170. The number of rotatable bonds is 5. The predicted octanol–water partition coefficient (Wildman–Crippen LogP) is 13.4. The molecule has 3 heteroatoms. The third-order valence-corrected chi connectivity index (χ3v) is 10.9. The molecule has 11 rings (SSSR count). The van der Waals surface area contributed by atoms with E-state index in [1.54, 1.807) is 0 Å². The summed E-state index contributed by atoms with van der Waals surface area (Å²) in [5, 5.41) is 4.86. The van der Waals surface area contributed by atoms with Crippen LogP contribution in [0, 0.1) is 0 Å². The first-order chi connectivity index (χ1) is 26.8. The van der Waals surface area contributed by atoms with E-state index < -0.39 is 0 Å². The van der Waals surface area contributed by atoms with Gasteiger partial charge in [0.25, 0.3) is 0 Å². The van der Waals surface area contributed by atoms with Crippen molar-refractivity contribution in [3.8, 4) is 50.5 Å². The molecule has 3 heterocycles. The van der Waals surface area contributed by atoms with Crippen LogP contribution in [0.15, 0.2) is 200 Å². The van der Waals surface area contributed by atoms with Crippen LogP contribution in [0.25, 0.3) is 99.6 Å². The molecule has 8 aromatic carbocycles. The zero-order chi connectivity index (χ0) is 35.6. The molecule has 0 fully saturated rings. The molecule has 54 heavy (non-hydrogen) atoms. The quantitative estimate of drug-likeness (QED) is 0.177. The fourth-order valence-corrected chi connectivity index (χ4v) is 8.42. The number of para-hydroxylation sites is 3. The monoisotopic (exact) mass is 687 g/mol. The average molecular weight is 688 g/mol.